The second kappa shape index (κ2) is 4.99. The highest BCUT2D eigenvalue weighted by Gasteiger charge is 2.35. The SMILES string of the molecule is CC(C)P(=O)(c1ccc2cnc3ccccc3n12)C(C)C. The van der Waals surface area contributed by atoms with Crippen LogP contribution in [0.5, 0.6) is 0 Å². The van der Waals surface area contributed by atoms with Crippen molar-refractivity contribution in [2.45, 2.75) is 39.0 Å². The molecule has 2 aromatic heterocycles. The Labute approximate surface area is 125 Å². The minimum atomic E-state index is -2.48. The van der Waals surface area contributed by atoms with Gasteiger partial charge in [-0.2, -0.15) is 0 Å². The number of fused-ring (bicyclic) bond motifs is 3. The van der Waals surface area contributed by atoms with Crippen LogP contribution in [-0.4, -0.2) is 20.7 Å². The Kier molecular flexibility index (Phi) is 3.41. The molecule has 0 unspecified atom stereocenters. The quantitative estimate of drug-likeness (QED) is 0.676. The fourth-order valence-electron chi connectivity index (χ4n) is 3.10. The maximum atomic E-state index is 13.7. The van der Waals surface area contributed by atoms with Gasteiger partial charge >= 0.3 is 0 Å². The Morgan fingerprint density at radius 1 is 1.00 bits per heavy atom. The molecule has 110 valence electrons. The van der Waals surface area contributed by atoms with Crippen LogP contribution in [0.3, 0.4) is 0 Å². The van der Waals surface area contributed by atoms with Crippen LogP contribution in [0.15, 0.2) is 42.6 Å². The third-order valence-corrected chi connectivity index (χ3v) is 8.38. The van der Waals surface area contributed by atoms with Crippen molar-refractivity contribution < 1.29 is 4.57 Å². The second-order valence-electron chi connectivity index (χ2n) is 6.10. The van der Waals surface area contributed by atoms with Crippen LogP contribution in [-0.2, 0) is 4.57 Å². The average molecular weight is 300 g/mol. The van der Waals surface area contributed by atoms with Crippen molar-refractivity contribution in [2.75, 3.05) is 0 Å². The highest BCUT2D eigenvalue weighted by atomic mass is 31.2. The van der Waals surface area contributed by atoms with E-state index in [1.54, 1.807) is 0 Å². The third kappa shape index (κ3) is 2.03. The summed E-state index contributed by atoms with van der Waals surface area (Å²) in [6, 6.07) is 12.1. The Bertz CT molecular complexity index is 836. The Morgan fingerprint density at radius 2 is 1.67 bits per heavy atom. The van der Waals surface area contributed by atoms with Gasteiger partial charge in [0.15, 0.2) is 0 Å². The number of nitrogens with zero attached hydrogens (tertiary/aromatic N) is 2. The summed E-state index contributed by atoms with van der Waals surface area (Å²) in [7, 11) is -2.48. The van der Waals surface area contributed by atoms with Gasteiger partial charge in [-0.25, -0.2) is 0 Å². The van der Waals surface area contributed by atoms with Crippen LogP contribution >= 0.6 is 7.14 Å². The molecular weight excluding hydrogens is 279 g/mol. The van der Waals surface area contributed by atoms with Crippen molar-refractivity contribution in [3.8, 4) is 0 Å². The van der Waals surface area contributed by atoms with Crippen LogP contribution in [0.25, 0.3) is 16.6 Å². The molecule has 3 aromatic rings. The van der Waals surface area contributed by atoms with Crippen molar-refractivity contribution in [3.05, 3.63) is 42.6 Å². The molecule has 0 aliphatic carbocycles. The molecule has 0 spiro atoms. The van der Waals surface area contributed by atoms with Crippen LogP contribution in [0, 0.1) is 0 Å². The molecule has 0 saturated heterocycles. The van der Waals surface area contributed by atoms with E-state index in [9.17, 15) is 4.57 Å². The Morgan fingerprint density at radius 3 is 2.33 bits per heavy atom. The number of aromatic nitrogens is 2. The molecule has 0 atom stereocenters. The first-order valence-corrected chi connectivity index (χ1v) is 9.26. The van der Waals surface area contributed by atoms with Gasteiger partial charge in [0.1, 0.15) is 7.14 Å². The third-order valence-electron chi connectivity index (χ3n) is 4.24. The molecule has 1 aromatic carbocycles. The first kappa shape index (κ1) is 14.3. The summed E-state index contributed by atoms with van der Waals surface area (Å²) in [6.45, 7) is 8.24. The lowest BCUT2D eigenvalue weighted by Crippen LogP contribution is -2.23. The van der Waals surface area contributed by atoms with E-state index in [-0.39, 0.29) is 11.3 Å². The molecule has 0 radical (unpaired) electrons. The fraction of sp³-hybridized carbons (Fsp3) is 0.353. The highest BCUT2D eigenvalue weighted by molar-refractivity contribution is 7.72. The number of benzene rings is 1. The van der Waals surface area contributed by atoms with Crippen molar-refractivity contribution in [1.29, 1.82) is 0 Å². The molecule has 0 bridgehead atoms. The fourth-order valence-corrected chi connectivity index (χ4v) is 6.19. The van der Waals surface area contributed by atoms with Crippen molar-refractivity contribution in [1.82, 2.24) is 9.38 Å². The molecule has 0 fully saturated rings. The molecule has 4 heteroatoms. The van der Waals surface area contributed by atoms with Crippen LogP contribution in [0.4, 0.5) is 0 Å². The Hall–Kier alpha value is -1.60. The molecule has 3 rings (SSSR count). The maximum absolute atomic E-state index is 13.7. The van der Waals surface area contributed by atoms with Crippen LogP contribution in [0.2, 0.25) is 0 Å². The molecule has 3 nitrogen and oxygen atoms in total. The van der Waals surface area contributed by atoms with Gasteiger partial charge in [-0.15, -0.1) is 0 Å². The molecule has 0 saturated carbocycles. The zero-order chi connectivity index (χ0) is 15.2. The summed E-state index contributed by atoms with van der Waals surface area (Å²) in [6.07, 6.45) is 1.86. The van der Waals surface area contributed by atoms with Gasteiger partial charge in [0, 0.05) is 11.3 Å². The predicted molar refractivity (Wildman–Crippen MR) is 90.2 cm³/mol. The summed E-state index contributed by atoms with van der Waals surface area (Å²) in [5.41, 5.74) is 4.16. The van der Waals surface area contributed by atoms with Gasteiger partial charge in [-0.05, 0) is 24.3 Å². The molecular formula is C17H21N2OP. The minimum Gasteiger partial charge on any atom is -0.317 e. The monoisotopic (exact) mass is 300 g/mol. The van der Waals surface area contributed by atoms with Gasteiger partial charge in [0.05, 0.1) is 28.2 Å². The minimum absolute atomic E-state index is 0.127. The van der Waals surface area contributed by atoms with E-state index < -0.39 is 7.14 Å². The zero-order valence-electron chi connectivity index (χ0n) is 12.9. The molecule has 0 N–H and O–H groups in total. The van der Waals surface area contributed by atoms with Gasteiger partial charge in [-0.1, -0.05) is 39.8 Å². The summed E-state index contributed by atoms with van der Waals surface area (Å²) >= 11 is 0. The summed E-state index contributed by atoms with van der Waals surface area (Å²) in [4.78, 5) is 4.48. The number of hydrogen-bond acceptors (Lipinski definition) is 2. The lowest BCUT2D eigenvalue weighted by atomic mass is 10.3. The number of rotatable bonds is 3. The molecule has 0 aliphatic rings. The largest absolute Gasteiger partial charge is 0.317 e. The smallest absolute Gasteiger partial charge is 0.136 e. The van der Waals surface area contributed by atoms with Crippen molar-refractivity contribution in [2.24, 2.45) is 0 Å². The van der Waals surface area contributed by atoms with E-state index in [0.29, 0.717) is 0 Å². The molecule has 0 amide bonds. The van der Waals surface area contributed by atoms with E-state index in [2.05, 4.69) is 37.1 Å². The normalized spacial score (nSPS) is 12.9. The molecule has 0 aliphatic heterocycles. The van der Waals surface area contributed by atoms with E-state index >= 15 is 0 Å². The summed E-state index contributed by atoms with van der Waals surface area (Å²) in [5.74, 6) is 0. The number of hydrogen-bond donors (Lipinski definition) is 0. The van der Waals surface area contributed by atoms with Crippen molar-refractivity contribution in [3.63, 3.8) is 0 Å². The number of para-hydroxylation sites is 2. The summed E-state index contributed by atoms with van der Waals surface area (Å²) in [5, 5.41) is 0. The lowest BCUT2D eigenvalue weighted by Gasteiger charge is -2.26. The molecule has 21 heavy (non-hydrogen) atoms. The van der Waals surface area contributed by atoms with Crippen LogP contribution < -0.4 is 5.44 Å². The van der Waals surface area contributed by atoms with Gasteiger partial charge < -0.3 is 8.97 Å². The average Bonchev–Trinajstić information content (AvgIpc) is 2.90. The standard InChI is InChI=1S/C17H21N2OP/c1-12(2)21(20,13(3)4)17-10-9-14-11-18-15-7-5-6-8-16(15)19(14)17/h5-13H,1-4H3. The highest BCUT2D eigenvalue weighted by Crippen LogP contribution is 2.54. The lowest BCUT2D eigenvalue weighted by molar-refractivity contribution is 0.568. The van der Waals surface area contributed by atoms with Gasteiger partial charge in [0.25, 0.3) is 0 Å². The van der Waals surface area contributed by atoms with E-state index in [0.717, 1.165) is 22.0 Å². The van der Waals surface area contributed by atoms with E-state index in [1.165, 1.54) is 0 Å². The summed E-state index contributed by atoms with van der Waals surface area (Å²) < 4.78 is 15.8. The predicted octanol–water partition coefficient (Wildman–Crippen LogP) is 4.29. The van der Waals surface area contributed by atoms with Gasteiger partial charge in [0.2, 0.25) is 0 Å². The zero-order valence-corrected chi connectivity index (χ0v) is 13.8. The first-order valence-electron chi connectivity index (χ1n) is 7.41. The van der Waals surface area contributed by atoms with Crippen molar-refractivity contribution >= 4 is 29.1 Å². The molecule has 2 heterocycles. The van der Waals surface area contributed by atoms with Crippen LogP contribution in [0.1, 0.15) is 27.7 Å². The second-order valence-corrected chi connectivity index (χ2v) is 10.0. The van der Waals surface area contributed by atoms with Gasteiger partial charge in [-0.3, -0.25) is 4.98 Å². The maximum Gasteiger partial charge on any atom is 0.136 e. The van der Waals surface area contributed by atoms with E-state index in [1.807, 2.05) is 42.6 Å². The topological polar surface area (TPSA) is 34.4 Å². The first-order chi connectivity index (χ1) is 9.96. The Balaban J connectivity index is 2.44. The van der Waals surface area contributed by atoms with E-state index in [4.69, 9.17) is 0 Å².